The number of hydrazone groups is 1. The second kappa shape index (κ2) is 11.6. The molecule has 0 aliphatic rings. The Bertz CT molecular complexity index is 1360. The molecule has 0 fully saturated rings. The molecule has 2 amide bonds. The average Bonchev–Trinajstić information content (AvgIpc) is 3.52. The zero-order valence-electron chi connectivity index (χ0n) is 17.9. The lowest BCUT2D eigenvalue weighted by molar-refractivity contribution is -0.120. The smallest absolute Gasteiger partial charge is 0.293 e. The SMILES string of the molecule is O=C(Cc1nnc(NC(=O)c2ccco2)s1)NN=Cc1cc(Cl)ccc1OCc1ccccc1Cl. The van der Waals surface area contributed by atoms with E-state index in [1.165, 1.54) is 18.5 Å². The summed E-state index contributed by atoms with van der Waals surface area (Å²) in [5, 5.41) is 16.0. The molecule has 0 saturated heterocycles. The molecule has 0 saturated carbocycles. The zero-order valence-corrected chi connectivity index (χ0v) is 20.2. The fourth-order valence-corrected chi connectivity index (χ4v) is 3.92. The Labute approximate surface area is 213 Å². The van der Waals surface area contributed by atoms with Crippen LogP contribution in [0.25, 0.3) is 0 Å². The van der Waals surface area contributed by atoms with Gasteiger partial charge >= 0.3 is 0 Å². The summed E-state index contributed by atoms with van der Waals surface area (Å²) in [7, 11) is 0. The Balaban J connectivity index is 1.32. The van der Waals surface area contributed by atoms with Crippen molar-refractivity contribution in [1.29, 1.82) is 0 Å². The van der Waals surface area contributed by atoms with E-state index in [2.05, 4.69) is 26.0 Å². The number of carbonyl (C=O) groups excluding carboxylic acids is 2. The topological polar surface area (TPSA) is 119 Å². The third-order valence-electron chi connectivity index (χ3n) is 4.45. The number of halogens is 2. The molecule has 2 N–H and O–H groups in total. The van der Waals surface area contributed by atoms with Crippen LogP contribution < -0.4 is 15.5 Å². The van der Waals surface area contributed by atoms with Crippen LogP contribution in [0.15, 0.2) is 70.4 Å². The van der Waals surface area contributed by atoms with Gasteiger partial charge in [0, 0.05) is 21.2 Å². The van der Waals surface area contributed by atoms with Gasteiger partial charge in [-0.25, -0.2) is 5.43 Å². The van der Waals surface area contributed by atoms with Crippen molar-refractivity contribution in [2.45, 2.75) is 13.0 Å². The minimum atomic E-state index is -0.458. The van der Waals surface area contributed by atoms with Gasteiger partial charge in [-0.1, -0.05) is 52.7 Å². The van der Waals surface area contributed by atoms with Gasteiger partial charge in [0.05, 0.1) is 18.9 Å². The fourth-order valence-electron chi connectivity index (χ4n) is 2.82. The number of aromatic nitrogens is 2. The number of anilines is 1. The maximum atomic E-state index is 12.3. The molecule has 4 aromatic rings. The minimum Gasteiger partial charge on any atom is -0.488 e. The van der Waals surface area contributed by atoms with Crippen molar-refractivity contribution < 1.29 is 18.7 Å². The van der Waals surface area contributed by atoms with Gasteiger partial charge in [-0.2, -0.15) is 5.10 Å². The summed E-state index contributed by atoms with van der Waals surface area (Å²) in [5.41, 5.74) is 3.83. The van der Waals surface area contributed by atoms with Crippen LogP contribution in [0, 0.1) is 0 Å². The first-order valence-electron chi connectivity index (χ1n) is 10.1. The number of rotatable bonds is 9. The Hall–Kier alpha value is -3.73. The maximum absolute atomic E-state index is 12.3. The highest BCUT2D eigenvalue weighted by atomic mass is 35.5. The molecular formula is C23H17Cl2N5O4S. The van der Waals surface area contributed by atoms with Gasteiger partial charge in [-0.15, -0.1) is 10.2 Å². The Morgan fingerprint density at radius 2 is 1.97 bits per heavy atom. The number of furan rings is 1. The first-order valence-corrected chi connectivity index (χ1v) is 11.7. The van der Waals surface area contributed by atoms with E-state index in [1.54, 1.807) is 30.3 Å². The van der Waals surface area contributed by atoms with E-state index in [9.17, 15) is 9.59 Å². The molecular weight excluding hydrogens is 513 g/mol. The Morgan fingerprint density at radius 3 is 2.77 bits per heavy atom. The molecule has 2 heterocycles. The minimum absolute atomic E-state index is 0.0724. The molecule has 0 aliphatic carbocycles. The lowest BCUT2D eigenvalue weighted by atomic mass is 10.2. The lowest BCUT2D eigenvalue weighted by Crippen LogP contribution is -2.19. The van der Waals surface area contributed by atoms with Crippen molar-refractivity contribution in [3.05, 3.63) is 92.8 Å². The van der Waals surface area contributed by atoms with E-state index >= 15 is 0 Å². The second-order valence-corrected chi connectivity index (χ2v) is 8.87. The number of hydrogen-bond donors (Lipinski definition) is 2. The highest BCUT2D eigenvalue weighted by Gasteiger charge is 2.14. The van der Waals surface area contributed by atoms with E-state index in [1.807, 2.05) is 18.2 Å². The zero-order chi connectivity index (χ0) is 24.6. The van der Waals surface area contributed by atoms with Crippen molar-refractivity contribution in [3.63, 3.8) is 0 Å². The maximum Gasteiger partial charge on any atom is 0.293 e. The fraction of sp³-hybridized carbons (Fsp3) is 0.0870. The number of benzene rings is 2. The molecule has 2 aromatic carbocycles. The standard InChI is InChI=1S/C23H17Cl2N5O4S/c24-16-7-8-18(34-13-14-4-1-2-5-17(14)25)15(10-16)12-26-28-20(31)11-21-29-30-23(35-21)27-22(32)19-6-3-9-33-19/h1-10,12H,11,13H2,(H,28,31)(H,27,30,32). The van der Waals surface area contributed by atoms with Crippen LogP contribution in [-0.4, -0.2) is 28.2 Å². The number of carbonyl (C=O) groups is 2. The molecule has 2 aromatic heterocycles. The van der Waals surface area contributed by atoms with Gasteiger partial charge < -0.3 is 9.15 Å². The number of nitrogens with one attached hydrogen (secondary N) is 2. The highest BCUT2D eigenvalue weighted by molar-refractivity contribution is 7.15. The summed E-state index contributed by atoms with van der Waals surface area (Å²) in [6, 6.07) is 15.6. The number of hydrogen-bond acceptors (Lipinski definition) is 8. The van der Waals surface area contributed by atoms with E-state index in [-0.39, 0.29) is 23.9 Å². The predicted molar refractivity (Wildman–Crippen MR) is 133 cm³/mol. The van der Waals surface area contributed by atoms with E-state index in [0.29, 0.717) is 26.4 Å². The lowest BCUT2D eigenvalue weighted by Gasteiger charge is -2.10. The summed E-state index contributed by atoms with van der Waals surface area (Å²) < 4.78 is 10.9. The van der Waals surface area contributed by atoms with Crippen LogP contribution in [0.4, 0.5) is 5.13 Å². The van der Waals surface area contributed by atoms with Crippen LogP contribution in [0.2, 0.25) is 10.0 Å². The van der Waals surface area contributed by atoms with Gasteiger partial charge in [-0.3, -0.25) is 14.9 Å². The highest BCUT2D eigenvalue weighted by Crippen LogP contribution is 2.24. The molecule has 0 bridgehead atoms. The van der Waals surface area contributed by atoms with Gasteiger partial charge in [0.15, 0.2) is 5.76 Å². The predicted octanol–water partition coefficient (Wildman–Crippen LogP) is 4.96. The van der Waals surface area contributed by atoms with Crippen LogP contribution in [-0.2, 0) is 17.8 Å². The van der Waals surface area contributed by atoms with Crippen molar-refractivity contribution in [2.75, 3.05) is 5.32 Å². The normalized spacial score (nSPS) is 10.9. The van der Waals surface area contributed by atoms with Crippen LogP contribution in [0.3, 0.4) is 0 Å². The third-order valence-corrected chi connectivity index (χ3v) is 5.89. The number of nitrogens with zero attached hydrogens (tertiary/aromatic N) is 3. The molecule has 0 atom stereocenters. The first kappa shape index (κ1) is 24.4. The van der Waals surface area contributed by atoms with Gasteiger partial charge in [0.1, 0.15) is 17.4 Å². The van der Waals surface area contributed by atoms with Crippen LogP contribution >= 0.6 is 34.5 Å². The molecule has 0 spiro atoms. The largest absolute Gasteiger partial charge is 0.488 e. The Morgan fingerprint density at radius 1 is 1.11 bits per heavy atom. The number of ether oxygens (including phenoxy) is 1. The van der Waals surface area contributed by atoms with Crippen molar-refractivity contribution in [3.8, 4) is 5.75 Å². The summed E-state index contributed by atoms with van der Waals surface area (Å²) >= 11 is 13.4. The van der Waals surface area contributed by atoms with Gasteiger partial charge in [-0.05, 0) is 36.4 Å². The van der Waals surface area contributed by atoms with Crippen LogP contribution in [0.5, 0.6) is 5.75 Å². The van der Waals surface area contributed by atoms with Crippen LogP contribution in [0.1, 0.15) is 26.7 Å². The molecule has 12 heteroatoms. The molecule has 0 unspecified atom stereocenters. The Kier molecular flexibility index (Phi) is 8.09. The van der Waals surface area contributed by atoms with Crippen molar-refractivity contribution in [1.82, 2.24) is 15.6 Å². The van der Waals surface area contributed by atoms with Gasteiger partial charge in [0.2, 0.25) is 11.0 Å². The first-order chi connectivity index (χ1) is 17.0. The summed E-state index contributed by atoms with van der Waals surface area (Å²) in [6.45, 7) is 0.254. The molecule has 0 radical (unpaired) electrons. The number of amides is 2. The molecule has 178 valence electrons. The van der Waals surface area contributed by atoms with E-state index in [0.717, 1.165) is 16.9 Å². The average molecular weight is 530 g/mol. The second-order valence-electron chi connectivity index (χ2n) is 6.96. The van der Waals surface area contributed by atoms with Crippen molar-refractivity contribution in [2.24, 2.45) is 5.10 Å². The summed E-state index contributed by atoms with van der Waals surface area (Å²) in [5.74, 6) is -0.207. The van der Waals surface area contributed by atoms with E-state index < -0.39 is 11.8 Å². The quantitative estimate of drug-likeness (QED) is 0.233. The monoisotopic (exact) mass is 529 g/mol. The van der Waals surface area contributed by atoms with Crippen molar-refractivity contribution >= 4 is 57.7 Å². The summed E-state index contributed by atoms with van der Waals surface area (Å²) in [6.07, 6.45) is 2.75. The molecule has 0 aliphatic heterocycles. The van der Waals surface area contributed by atoms with E-state index in [4.69, 9.17) is 32.4 Å². The molecule has 9 nitrogen and oxygen atoms in total. The molecule has 35 heavy (non-hydrogen) atoms. The third kappa shape index (κ3) is 6.89. The summed E-state index contributed by atoms with van der Waals surface area (Å²) in [4.78, 5) is 24.2. The van der Waals surface area contributed by atoms with Gasteiger partial charge in [0.25, 0.3) is 5.91 Å². The molecule has 4 rings (SSSR count).